The van der Waals surface area contributed by atoms with Gasteiger partial charge in [-0.25, -0.2) is 9.78 Å². The predicted molar refractivity (Wildman–Crippen MR) is 60.6 cm³/mol. The molecular weight excluding hydrogens is 208 g/mol. The van der Waals surface area contributed by atoms with Crippen LogP contribution in [0.5, 0.6) is 5.88 Å². The number of nitrogens with two attached hydrogens (primary N) is 1. The first-order valence-electron chi connectivity index (χ1n) is 5.12. The van der Waals surface area contributed by atoms with Gasteiger partial charge in [-0.2, -0.15) is 0 Å². The molecule has 1 aromatic heterocycles. The van der Waals surface area contributed by atoms with Crippen LogP contribution in [0.4, 0.5) is 5.69 Å². The van der Waals surface area contributed by atoms with Crippen molar-refractivity contribution in [1.82, 2.24) is 4.98 Å². The lowest BCUT2D eigenvalue weighted by Gasteiger charge is -2.08. The predicted octanol–water partition coefficient (Wildman–Crippen LogP) is 1.79. The van der Waals surface area contributed by atoms with E-state index in [1.54, 1.807) is 0 Å². The first-order chi connectivity index (χ1) is 7.50. The lowest BCUT2D eigenvalue weighted by atomic mass is 10.1. The fourth-order valence-corrected chi connectivity index (χ4v) is 1.11. The Hall–Kier alpha value is -1.78. The van der Waals surface area contributed by atoms with Crippen LogP contribution < -0.4 is 10.5 Å². The van der Waals surface area contributed by atoms with Crippen molar-refractivity contribution in [2.24, 2.45) is 5.92 Å². The minimum atomic E-state index is -1.08. The van der Waals surface area contributed by atoms with Gasteiger partial charge in [-0.05, 0) is 12.3 Å². The number of carboxylic acids is 1. The third-order valence-electron chi connectivity index (χ3n) is 2.09. The van der Waals surface area contributed by atoms with Crippen LogP contribution in [0.2, 0.25) is 0 Å². The molecule has 0 radical (unpaired) electrons. The molecule has 0 amide bonds. The van der Waals surface area contributed by atoms with Crippen molar-refractivity contribution in [3.05, 3.63) is 17.8 Å². The van der Waals surface area contributed by atoms with Gasteiger partial charge < -0.3 is 15.6 Å². The average Bonchev–Trinajstić information content (AvgIpc) is 2.19. The summed E-state index contributed by atoms with van der Waals surface area (Å²) in [6.07, 6.45) is 2.20. The summed E-state index contributed by atoms with van der Waals surface area (Å²) in [4.78, 5) is 14.7. The third kappa shape index (κ3) is 3.42. The Balaban J connectivity index is 2.68. The number of nitrogen functional groups attached to an aromatic ring is 1. The Morgan fingerprint density at radius 3 is 2.88 bits per heavy atom. The van der Waals surface area contributed by atoms with E-state index in [0.29, 0.717) is 18.4 Å². The summed E-state index contributed by atoms with van der Waals surface area (Å²) in [6, 6.07) is 1.35. The van der Waals surface area contributed by atoms with E-state index in [4.69, 9.17) is 15.6 Å². The fraction of sp³-hybridized carbons (Fsp3) is 0.455. The SMILES string of the molecule is CC(C)CCOc1cc(C(=O)O)c(N)cn1. The number of nitrogens with zero attached hydrogens (tertiary/aromatic N) is 1. The van der Waals surface area contributed by atoms with Crippen molar-refractivity contribution in [1.29, 1.82) is 0 Å². The van der Waals surface area contributed by atoms with E-state index in [1.165, 1.54) is 12.3 Å². The summed E-state index contributed by atoms with van der Waals surface area (Å²) in [5, 5.41) is 8.84. The average molecular weight is 224 g/mol. The normalized spacial score (nSPS) is 10.4. The number of aromatic nitrogens is 1. The molecule has 5 nitrogen and oxygen atoms in total. The second kappa shape index (κ2) is 5.34. The van der Waals surface area contributed by atoms with Gasteiger partial charge in [0, 0.05) is 6.07 Å². The molecular formula is C11H16N2O3. The van der Waals surface area contributed by atoms with Crippen molar-refractivity contribution in [2.45, 2.75) is 20.3 Å². The number of anilines is 1. The first-order valence-corrected chi connectivity index (χ1v) is 5.12. The fourth-order valence-electron chi connectivity index (χ4n) is 1.11. The van der Waals surface area contributed by atoms with Crippen LogP contribution in [0.1, 0.15) is 30.6 Å². The Kier molecular flexibility index (Phi) is 4.10. The van der Waals surface area contributed by atoms with Gasteiger partial charge >= 0.3 is 5.97 Å². The van der Waals surface area contributed by atoms with E-state index in [2.05, 4.69) is 18.8 Å². The molecule has 1 aromatic rings. The molecule has 0 spiro atoms. The molecule has 0 atom stereocenters. The molecule has 5 heteroatoms. The first kappa shape index (κ1) is 12.3. The molecule has 0 unspecified atom stereocenters. The Morgan fingerprint density at radius 1 is 1.62 bits per heavy atom. The van der Waals surface area contributed by atoms with Crippen LogP contribution in [0.3, 0.4) is 0 Å². The lowest BCUT2D eigenvalue weighted by molar-refractivity contribution is 0.0697. The van der Waals surface area contributed by atoms with Crippen molar-refractivity contribution in [3.8, 4) is 5.88 Å². The minimum absolute atomic E-state index is 0.0227. The summed E-state index contributed by atoms with van der Waals surface area (Å²) in [5.41, 5.74) is 5.63. The standard InChI is InChI=1S/C11H16N2O3/c1-7(2)3-4-16-10-5-8(11(14)15)9(12)6-13-10/h5-7H,3-4,12H2,1-2H3,(H,14,15). The summed E-state index contributed by atoms with van der Waals surface area (Å²) in [6.45, 7) is 4.69. The number of pyridine rings is 1. The maximum Gasteiger partial charge on any atom is 0.338 e. The van der Waals surface area contributed by atoms with Gasteiger partial charge in [0.15, 0.2) is 0 Å². The molecule has 1 rings (SSSR count). The highest BCUT2D eigenvalue weighted by molar-refractivity contribution is 5.93. The molecule has 0 saturated heterocycles. The summed E-state index contributed by atoms with van der Waals surface area (Å²) < 4.78 is 5.33. The number of ether oxygens (including phenoxy) is 1. The number of carbonyl (C=O) groups is 1. The molecule has 0 fully saturated rings. The largest absolute Gasteiger partial charge is 0.478 e. The topological polar surface area (TPSA) is 85.4 Å². The highest BCUT2D eigenvalue weighted by atomic mass is 16.5. The van der Waals surface area contributed by atoms with E-state index in [-0.39, 0.29) is 11.3 Å². The number of carboxylic acid groups (broad SMARTS) is 1. The van der Waals surface area contributed by atoms with Gasteiger partial charge in [-0.15, -0.1) is 0 Å². The molecule has 0 aliphatic heterocycles. The van der Waals surface area contributed by atoms with E-state index in [1.807, 2.05) is 0 Å². The highest BCUT2D eigenvalue weighted by Gasteiger charge is 2.10. The Bertz CT molecular complexity index is 377. The van der Waals surface area contributed by atoms with Gasteiger partial charge in [0.05, 0.1) is 24.1 Å². The third-order valence-corrected chi connectivity index (χ3v) is 2.09. The number of hydrogen-bond donors (Lipinski definition) is 2. The van der Waals surface area contributed by atoms with Crippen molar-refractivity contribution >= 4 is 11.7 Å². The number of aromatic carboxylic acids is 1. The molecule has 0 aliphatic carbocycles. The van der Waals surface area contributed by atoms with Gasteiger partial charge in [0.1, 0.15) is 0 Å². The van der Waals surface area contributed by atoms with E-state index < -0.39 is 5.97 Å². The molecule has 1 heterocycles. The van der Waals surface area contributed by atoms with Gasteiger partial charge in [0.2, 0.25) is 5.88 Å². The van der Waals surface area contributed by atoms with Crippen LogP contribution in [0, 0.1) is 5.92 Å². The minimum Gasteiger partial charge on any atom is -0.478 e. The molecule has 88 valence electrons. The second-order valence-corrected chi connectivity index (χ2v) is 3.95. The molecule has 16 heavy (non-hydrogen) atoms. The second-order valence-electron chi connectivity index (χ2n) is 3.95. The number of rotatable bonds is 5. The summed E-state index contributed by atoms with van der Waals surface area (Å²) >= 11 is 0. The van der Waals surface area contributed by atoms with Crippen molar-refractivity contribution < 1.29 is 14.6 Å². The molecule has 3 N–H and O–H groups in total. The maximum atomic E-state index is 10.8. The van der Waals surface area contributed by atoms with Crippen LogP contribution in [0.25, 0.3) is 0 Å². The van der Waals surface area contributed by atoms with Crippen LogP contribution in [-0.4, -0.2) is 22.7 Å². The summed E-state index contributed by atoms with van der Waals surface area (Å²) in [7, 11) is 0. The van der Waals surface area contributed by atoms with Gasteiger partial charge in [-0.1, -0.05) is 13.8 Å². The highest BCUT2D eigenvalue weighted by Crippen LogP contribution is 2.16. The molecule has 0 bridgehead atoms. The van der Waals surface area contributed by atoms with Gasteiger partial charge in [0.25, 0.3) is 0 Å². The molecule has 0 saturated carbocycles. The number of hydrogen-bond acceptors (Lipinski definition) is 4. The Labute approximate surface area is 94.2 Å². The lowest BCUT2D eigenvalue weighted by Crippen LogP contribution is -2.07. The van der Waals surface area contributed by atoms with E-state index in [9.17, 15) is 4.79 Å². The zero-order valence-electron chi connectivity index (χ0n) is 9.43. The molecule has 0 aliphatic rings. The van der Waals surface area contributed by atoms with E-state index in [0.717, 1.165) is 6.42 Å². The maximum absolute atomic E-state index is 10.8. The van der Waals surface area contributed by atoms with Gasteiger partial charge in [-0.3, -0.25) is 0 Å². The zero-order valence-corrected chi connectivity index (χ0v) is 9.43. The monoisotopic (exact) mass is 224 g/mol. The van der Waals surface area contributed by atoms with Crippen molar-refractivity contribution in [2.75, 3.05) is 12.3 Å². The smallest absolute Gasteiger partial charge is 0.338 e. The zero-order chi connectivity index (χ0) is 12.1. The molecule has 0 aromatic carbocycles. The summed E-state index contributed by atoms with van der Waals surface area (Å²) in [5.74, 6) is -0.242. The van der Waals surface area contributed by atoms with E-state index >= 15 is 0 Å². The van der Waals surface area contributed by atoms with Crippen LogP contribution >= 0.6 is 0 Å². The quantitative estimate of drug-likeness (QED) is 0.796. The Morgan fingerprint density at radius 2 is 2.31 bits per heavy atom. The van der Waals surface area contributed by atoms with Crippen LogP contribution in [0.15, 0.2) is 12.3 Å². The van der Waals surface area contributed by atoms with Crippen LogP contribution in [-0.2, 0) is 0 Å². The van der Waals surface area contributed by atoms with Crippen molar-refractivity contribution in [3.63, 3.8) is 0 Å².